The van der Waals surface area contributed by atoms with Gasteiger partial charge in [-0.3, -0.25) is 0 Å². The molecule has 5 heteroatoms. The molecule has 0 radical (unpaired) electrons. The number of pyridine rings is 1. The molecule has 0 unspecified atom stereocenters. The Hall–Kier alpha value is -2.25. The summed E-state index contributed by atoms with van der Waals surface area (Å²) in [6.45, 7) is 0. The third-order valence-corrected chi connectivity index (χ3v) is 1.95. The molecule has 1 aromatic heterocycles. The fourth-order valence-corrected chi connectivity index (χ4v) is 1.21. The number of hydrogen-bond acceptors (Lipinski definition) is 4. The van der Waals surface area contributed by atoms with E-state index in [9.17, 15) is 0 Å². The number of rotatable bonds is 2. The Balaban J connectivity index is 0.00000144. The number of nitriles is 1. The van der Waals surface area contributed by atoms with Crippen molar-refractivity contribution in [3.05, 3.63) is 48.2 Å². The van der Waals surface area contributed by atoms with E-state index >= 15 is 0 Å². The van der Waals surface area contributed by atoms with Gasteiger partial charge < -0.3 is 10.5 Å². The normalized spacial score (nSPS) is 8.88. The molecule has 1 aromatic carbocycles. The molecule has 0 spiro atoms. The van der Waals surface area contributed by atoms with Gasteiger partial charge in [-0.15, -0.1) is 12.4 Å². The van der Waals surface area contributed by atoms with Crippen molar-refractivity contribution in [1.82, 2.24) is 4.98 Å². The summed E-state index contributed by atoms with van der Waals surface area (Å²) in [6, 6.07) is 12.4. The quantitative estimate of drug-likeness (QED) is 0.829. The van der Waals surface area contributed by atoms with Crippen LogP contribution in [0.5, 0.6) is 11.6 Å². The summed E-state index contributed by atoms with van der Waals surface area (Å²) in [5, 5.41) is 8.61. The van der Waals surface area contributed by atoms with Crippen LogP contribution in [0, 0.1) is 11.3 Å². The van der Waals surface area contributed by atoms with Crippen LogP contribution in [-0.2, 0) is 0 Å². The number of nitrogens with two attached hydrogens (primary N) is 1. The molecule has 0 aliphatic heterocycles. The molecule has 0 aliphatic carbocycles. The summed E-state index contributed by atoms with van der Waals surface area (Å²) in [6.07, 6.45) is 1.46. The lowest BCUT2D eigenvalue weighted by atomic mass is 10.3. The molecule has 0 saturated heterocycles. The number of nitrogens with zero attached hydrogens (tertiary/aromatic N) is 2. The molecular weight excluding hydrogens is 238 g/mol. The summed E-state index contributed by atoms with van der Waals surface area (Å²) in [7, 11) is 0. The first-order chi connectivity index (χ1) is 7.78. The first-order valence-electron chi connectivity index (χ1n) is 4.67. The van der Waals surface area contributed by atoms with Crippen LogP contribution in [0.4, 0.5) is 5.69 Å². The number of hydrogen-bond donors (Lipinski definition) is 1. The van der Waals surface area contributed by atoms with Gasteiger partial charge in [0, 0.05) is 24.0 Å². The summed E-state index contributed by atoms with van der Waals surface area (Å²) < 4.78 is 5.46. The number of anilines is 1. The maximum Gasteiger partial charge on any atom is 0.219 e. The zero-order chi connectivity index (χ0) is 11.4. The number of benzene rings is 1. The van der Waals surface area contributed by atoms with Gasteiger partial charge in [-0.25, -0.2) is 4.98 Å². The van der Waals surface area contributed by atoms with Gasteiger partial charge in [-0.2, -0.15) is 5.26 Å². The lowest BCUT2D eigenvalue weighted by Crippen LogP contribution is -1.90. The van der Waals surface area contributed by atoms with E-state index in [1.54, 1.807) is 36.4 Å². The van der Waals surface area contributed by atoms with E-state index in [-0.39, 0.29) is 12.4 Å². The molecule has 0 fully saturated rings. The van der Waals surface area contributed by atoms with Crippen LogP contribution in [0.3, 0.4) is 0 Å². The zero-order valence-electron chi connectivity index (χ0n) is 8.83. The van der Waals surface area contributed by atoms with E-state index in [0.717, 1.165) is 0 Å². The monoisotopic (exact) mass is 247 g/mol. The van der Waals surface area contributed by atoms with E-state index in [4.69, 9.17) is 15.7 Å². The fraction of sp³-hybridized carbons (Fsp3) is 0. The van der Waals surface area contributed by atoms with Gasteiger partial charge in [0.25, 0.3) is 0 Å². The predicted octanol–water partition coefficient (Wildman–Crippen LogP) is 2.75. The second-order valence-corrected chi connectivity index (χ2v) is 3.17. The average molecular weight is 248 g/mol. The summed E-state index contributed by atoms with van der Waals surface area (Å²) in [5.41, 5.74) is 6.75. The molecule has 2 N–H and O–H groups in total. The standard InChI is InChI=1S/C12H9N3O.ClH/c13-7-9-4-5-12(15-8-9)16-11-3-1-2-10(14)6-11;/h1-6,8H,14H2;1H. The van der Waals surface area contributed by atoms with Crippen molar-refractivity contribution in [1.29, 1.82) is 5.26 Å². The molecule has 0 bridgehead atoms. The maximum absolute atomic E-state index is 8.61. The number of aromatic nitrogens is 1. The lowest BCUT2D eigenvalue weighted by molar-refractivity contribution is 0.463. The van der Waals surface area contributed by atoms with Crippen molar-refractivity contribution >= 4 is 18.1 Å². The minimum atomic E-state index is 0. The van der Waals surface area contributed by atoms with Gasteiger partial charge in [0.1, 0.15) is 11.8 Å². The van der Waals surface area contributed by atoms with E-state index in [0.29, 0.717) is 22.9 Å². The molecule has 86 valence electrons. The van der Waals surface area contributed by atoms with Gasteiger partial charge in [-0.1, -0.05) is 6.07 Å². The Morgan fingerprint density at radius 2 is 2.06 bits per heavy atom. The number of halogens is 1. The van der Waals surface area contributed by atoms with Crippen molar-refractivity contribution < 1.29 is 4.74 Å². The van der Waals surface area contributed by atoms with Gasteiger partial charge in [0.05, 0.1) is 5.56 Å². The molecule has 2 rings (SSSR count). The van der Waals surface area contributed by atoms with Crippen molar-refractivity contribution in [3.8, 4) is 17.7 Å². The molecule has 0 atom stereocenters. The Labute approximate surface area is 105 Å². The Bertz CT molecular complexity index is 534. The molecule has 0 amide bonds. The average Bonchev–Trinajstić information content (AvgIpc) is 2.30. The van der Waals surface area contributed by atoms with Crippen LogP contribution in [0.1, 0.15) is 5.56 Å². The third kappa shape index (κ3) is 3.37. The van der Waals surface area contributed by atoms with Gasteiger partial charge in [0.2, 0.25) is 5.88 Å². The topological polar surface area (TPSA) is 71.9 Å². The lowest BCUT2D eigenvalue weighted by Gasteiger charge is -2.04. The van der Waals surface area contributed by atoms with Crippen molar-refractivity contribution in [2.45, 2.75) is 0 Å². The highest BCUT2D eigenvalue weighted by Gasteiger charge is 1.99. The third-order valence-electron chi connectivity index (χ3n) is 1.95. The first-order valence-corrected chi connectivity index (χ1v) is 4.67. The van der Waals surface area contributed by atoms with Crippen molar-refractivity contribution in [2.24, 2.45) is 0 Å². The van der Waals surface area contributed by atoms with Crippen LogP contribution in [0.2, 0.25) is 0 Å². The second kappa shape index (κ2) is 5.73. The maximum atomic E-state index is 8.61. The SMILES string of the molecule is Cl.N#Cc1ccc(Oc2cccc(N)c2)nc1. The zero-order valence-corrected chi connectivity index (χ0v) is 9.65. The second-order valence-electron chi connectivity index (χ2n) is 3.17. The summed E-state index contributed by atoms with van der Waals surface area (Å²) in [4.78, 5) is 3.99. The van der Waals surface area contributed by atoms with Crippen LogP contribution >= 0.6 is 12.4 Å². The molecule has 0 saturated carbocycles. The summed E-state index contributed by atoms with van der Waals surface area (Å²) >= 11 is 0. The highest BCUT2D eigenvalue weighted by molar-refractivity contribution is 5.85. The molecule has 4 nitrogen and oxygen atoms in total. The Morgan fingerprint density at radius 1 is 1.24 bits per heavy atom. The van der Waals surface area contributed by atoms with Gasteiger partial charge >= 0.3 is 0 Å². The molecule has 1 heterocycles. The van der Waals surface area contributed by atoms with E-state index in [2.05, 4.69) is 4.98 Å². The van der Waals surface area contributed by atoms with Crippen LogP contribution in [0.15, 0.2) is 42.6 Å². The molecule has 2 aromatic rings. The smallest absolute Gasteiger partial charge is 0.219 e. The highest BCUT2D eigenvalue weighted by atomic mass is 35.5. The van der Waals surface area contributed by atoms with Crippen molar-refractivity contribution in [3.63, 3.8) is 0 Å². The van der Waals surface area contributed by atoms with E-state index in [1.165, 1.54) is 6.20 Å². The van der Waals surface area contributed by atoms with E-state index in [1.807, 2.05) is 6.07 Å². The molecule has 0 aliphatic rings. The van der Waals surface area contributed by atoms with Crippen LogP contribution in [0.25, 0.3) is 0 Å². The van der Waals surface area contributed by atoms with E-state index < -0.39 is 0 Å². The minimum absolute atomic E-state index is 0. The fourth-order valence-electron chi connectivity index (χ4n) is 1.21. The minimum Gasteiger partial charge on any atom is -0.439 e. The van der Waals surface area contributed by atoms with Crippen LogP contribution < -0.4 is 10.5 Å². The highest BCUT2D eigenvalue weighted by Crippen LogP contribution is 2.21. The number of ether oxygens (including phenoxy) is 1. The molecule has 17 heavy (non-hydrogen) atoms. The van der Waals surface area contributed by atoms with Gasteiger partial charge in [0.15, 0.2) is 0 Å². The first kappa shape index (κ1) is 12.8. The largest absolute Gasteiger partial charge is 0.439 e. The Morgan fingerprint density at radius 3 is 2.65 bits per heavy atom. The van der Waals surface area contributed by atoms with Crippen LogP contribution in [-0.4, -0.2) is 4.98 Å². The predicted molar refractivity (Wildman–Crippen MR) is 67.1 cm³/mol. The van der Waals surface area contributed by atoms with Crippen molar-refractivity contribution in [2.75, 3.05) is 5.73 Å². The summed E-state index contributed by atoms with van der Waals surface area (Å²) in [5.74, 6) is 1.06. The number of nitrogen functional groups attached to an aromatic ring is 1. The van der Waals surface area contributed by atoms with Gasteiger partial charge in [-0.05, 0) is 18.2 Å². The Kier molecular flexibility index (Phi) is 4.32. The molecular formula is C12H10ClN3O.